The topological polar surface area (TPSA) is 59.1 Å². The number of pyridine rings is 1. The maximum atomic E-state index is 12.2. The standard InChI is InChI=1S/C9H4Br3ClN2O2S2/c10-4-1-5(9(13)14-3-4)15-19(16,17)6-2-7(11)18-8(6)12/h1-3,15H. The van der Waals surface area contributed by atoms with Gasteiger partial charge in [-0.15, -0.1) is 11.3 Å². The maximum Gasteiger partial charge on any atom is 0.264 e. The highest BCUT2D eigenvalue weighted by atomic mass is 79.9. The number of anilines is 1. The van der Waals surface area contributed by atoms with Crippen LogP contribution in [0.3, 0.4) is 0 Å². The van der Waals surface area contributed by atoms with E-state index in [2.05, 4.69) is 57.5 Å². The Morgan fingerprint density at radius 2 is 1.95 bits per heavy atom. The minimum Gasteiger partial charge on any atom is -0.276 e. The Kier molecular flexibility index (Phi) is 4.95. The van der Waals surface area contributed by atoms with Crippen molar-refractivity contribution in [1.29, 1.82) is 0 Å². The molecule has 0 aliphatic carbocycles. The average Bonchev–Trinajstić information content (AvgIpc) is 2.63. The van der Waals surface area contributed by atoms with Gasteiger partial charge in [-0.25, -0.2) is 13.4 Å². The van der Waals surface area contributed by atoms with Crippen molar-refractivity contribution in [3.63, 3.8) is 0 Å². The summed E-state index contributed by atoms with van der Waals surface area (Å²) in [5.41, 5.74) is 0.213. The Hall–Kier alpha value is 0.330. The third-order valence-electron chi connectivity index (χ3n) is 1.96. The predicted octanol–water partition coefficient (Wildman–Crippen LogP) is 4.88. The summed E-state index contributed by atoms with van der Waals surface area (Å²) in [7, 11) is -3.72. The van der Waals surface area contributed by atoms with E-state index in [0.29, 0.717) is 12.0 Å². The molecule has 1 N–H and O–H groups in total. The van der Waals surface area contributed by atoms with Crippen molar-refractivity contribution in [3.05, 3.63) is 35.5 Å². The average molecular weight is 511 g/mol. The van der Waals surface area contributed by atoms with Crippen molar-refractivity contribution < 1.29 is 8.42 Å². The van der Waals surface area contributed by atoms with Crippen LogP contribution in [0.2, 0.25) is 5.15 Å². The molecule has 0 fully saturated rings. The van der Waals surface area contributed by atoms with Gasteiger partial charge < -0.3 is 0 Å². The molecule has 10 heteroatoms. The van der Waals surface area contributed by atoms with Gasteiger partial charge in [-0.2, -0.15) is 0 Å². The molecule has 0 spiro atoms. The molecule has 102 valence electrons. The molecule has 0 aliphatic rings. The van der Waals surface area contributed by atoms with Crippen molar-refractivity contribution in [2.75, 3.05) is 4.72 Å². The van der Waals surface area contributed by atoms with E-state index >= 15 is 0 Å². The Bertz CT molecular complexity index is 733. The molecule has 0 aliphatic heterocycles. The molecule has 2 aromatic heterocycles. The summed E-state index contributed by atoms with van der Waals surface area (Å²) in [4.78, 5) is 4.00. The van der Waals surface area contributed by atoms with Crippen LogP contribution >= 0.6 is 70.7 Å². The molecular formula is C9H4Br3ClN2O2S2. The zero-order valence-electron chi connectivity index (χ0n) is 8.82. The monoisotopic (exact) mass is 508 g/mol. The molecule has 0 unspecified atom stereocenters. The van der Waals surface area contributed by atoms with E-state index in [0.717, 1.165) is 0 Å². The van der Waals surface area contributed by atoms with Gasteiger partial charge in [-0.3, -0.25) is 4.72 Å². The lowest BCUT2D eigenvalue weighted by Crippen LogP contribution is -2.13. The van der Waals surface area contributed by atoms with Gasteiger partial charge in [0.1, 0.15) is 4.90 Å². The summed E-state index contributed by atoms with van der Waals surface area (Å²) in [6.07, 6.45) is 1.48. The van der Waals surface area contributed by atoms with E-state index < -0.39 is 10.0 Å². The van der Waals surface area contributed by atoms with Gasteiger partial charge in [0.05, 0.1) is 13.3 Å². The van der Waals surface area contributed by atoms with Crippen LogP contribution in [0.15, 0.2) is 35.3 Å². The van der Waals surface area contributed by atoms with E-state index in [-0.39, 0.29) is 15.7 Å². The molecule has 0 bridgehead atoms. The normalized spacial score (nSPS) is 11.6. The van der Waals surface area contributed by atoms with E-state index in [1.807, 2.05) is 0 Å². The minimum atomic E-state index is -3.72. The summed E-state index contributed by atoms with van der Waals surface area (Å²) < 4.78 is 28.7. The lowest BCUT2D eigenvalue weighted by molar-refractivity contribution is 0.601. The smallest absolute Gasteiger partial charge is 0.264 e. The quantitative estimate of drug-likeness (QED) is 0.598. The van der Waals surface area contributed by atoms with E-state index in [9.17, 15) is 8.42 Å². The first kappa shape index (κ1) is 15.7. The molecule has 0 radical (unpaired) electrons. The van der Waals surface area contributed by atoms with Crippen molar-refractivity contribution in [2.24, 2.45) is 0 Å². The number of nitrogens with one attached hydrogen (secondary N) is 1. The number of sulfonamides is 1. The number of nitrogens with zero attached hydrogens (tertiary/aromatic N) is 1. The van der Waals surface area contributed by atoms with Crippen molar-refractivity contribution in [2.45, 2.75) is 4.90 Å². The fraction of sp³-hybridized carbons (Fsp3) is 0. The number of hydrogen-bond donors (Lipinski definition) is 1. The van der Waals surface area contributed by atoms with Crippen molar-refractivity contribution in [1.82, 2.24) is 4.98 Å². The first-order chi connectivity index (χ1) is 8.79. The minimum absolute atomic E-state index is 0.0807. The molecule has 4 nitrogen and oxygen atoms in total. The molecule has 0 aromatic carbocycles. The van der Waals surface area contributed by atoms with Crippen LogP contribution in [-0.2, 0) is 10.0 Å². The van der Waals surface area contributed by atoms with Crippen LogP contribution in [0.25, 0.3) is 0 Å². The highest BCUT2D eigenvalue weighted by Gasteiger charge is 2.22. The molecule has 2 rings (SSSR count). The van der Waals surface area contributed by atoms with Gasteiger partial charge in [-0.1, -0.05) is 11.6 Å². The van der Waals surface area contributed by atoms with Gasteiger partial charge in [0.15, 0.2) is 5.15 Å². The van der Waals surface area contributed by atoms with Crippen LogP contribution in [0.4, 0.5) is 5.69 Å². The Morgan fingerprint density at radius 3 is 2.53 bits per heavy atom. The van der Waals surface area contributed by atoms with Gasteiger partial charge >= 0.3 is 0 Å². The predicted molar refractivity (Wildman–Crippen MR) is 87.5 cm³/mol. The molecule has 0 amide bonds. The second kappa shape index (κ2) is 5.98. The second-order valence-electron chi connectivity index (χ2n) is 3.29. The number of halogens is 4. The molecule has 19 heavy (non-hydrogen) atoms. The van der Waals surface area contributed by atoms with Crippen LogP contribution < -0.4 is 4.72 Å². The molecule has 2 heterocycles. The lowest BCUT2D eigenvalue weighted by Gasteiger charge is -2.08. The highest BCUT2D eigenvalue weighted by Crippen LogP contribution is 2.36. The SMILES string of the molecule is O=S(=O)(Nc1cc(Br)cnc1Cl)c1cc(Br)sc1Br. The zero-order valence-corrected chi connectivity index (χ0v) is 16.0. The van der Waals surface area contributed by atoms with Crippen LogP contribution in [0, 0.1) is 0 Å². The van der Waals surface area contributed by atoms with Crippen LogP contribution in [-0.4, -0.2) is 13.4 Å². The first-order valence-corrected chi connectivity index (χ1v) is 9.64. The number of rotatable bonds is 3. The van der Waals surface area contributed by atoms with Crippen molar-refractivity contribution >= 4 is 86.4 Å². The van der Waals surface area contributed by atoms with Gasteiger partial charge in [0.2, 0.25) is 0 Å². The Labute approximate surface area is 144 Å². The Balaban J connectivity index is 2.42. The third-order valence-corrected chi connectivity index (χ3v) is 6.82. The lowest BCUT2D eigenvalue weighted by atomic mass is 10.4. The summed E-state index contributed by atoms with van der Waals surface area (Å²) in [5.74, 6) is 0. The number of hydrogen-bond acceptors (Lipinski definition) is 4. The zero-order chi connectivity index (χ0) is 14.2. The van der Waals surface area contributed by atoms with E-state index in [1.54, 1.807) is 6.07 Å². The molecular weight excluding hydrogens is 507 g/mol. The van der Waals surface area contributed by atoms with E-state index in [1.165, 1.54) is 23.6 Å². The highest BCUT2D eigenvalue weighted by molar-refractivity contribution is 9.12. The second-order valence-corrected chi connectivity index (χ2v) is 9.96. The summed E-state index contributed by atoms with van der Waals surface area (Å²) in [5, 5.41) is 0.0807. The molecule has 2 aromatic rings. The van der Waals surface area contributed by atoms with Gasteiger partial charge in [-0.05, 0) is 59.9 Å². The van der Waals surface area contributed by atoms with Crippen LogP contribution in [0.5, 0.6) is 0 Å². The molecule has 0 atom stereocenters. The summed E-state index contributed by atoms with van der Waals surface area (Å²) in [6, 6.07) is 3.05. The largest absolute Gasteiger partial charge is 0.276 e. The maximum absolute atomic E-state index is 12.2. The van der Waals surface area contributed by atoms with Gasteiger partial charge in [0, 0.05) is 10.7 Å². The fourth-order valence-corrected chi connectivity index (χ4v) is 6.61. The van der Waals surface area contributed by atoms with Crippen molar-refractivity contribution in [3.8, 4) is 0 Å². The van der Waals surface area contributed by atoms with Crippen LogP contribution in [0.1, 0.15) is 0 Å². The summed E-state index contributed by atoms with van der Waals surface area (Å²) in [6.45, 7) is 0. The fourth-order valence-electron chi connectivity index (χ4n) is 1.20. The first-order valence-electron chi connectivity index (χ1n) is 4.58. The van der Waals surface area contributed by atoms with Gasteiger partial charge in [0.25, 0.3) is 10.0 Å². The Morgan fingerprint density at radius 1 is 1.26 bits per heavy atom. The number of aromatic nitrogens is 1. The molecule has 0 saturated heterocycles. The molecule has 0 saturated carbocycles. The number of thiophene rings is 1. The third kappa shape index (κ3) is 3.70. The summed E-state index contributed by atoms with van der Waals surface area (Å²) >= 11 is 16.8. The van der Waals surface area contributed by atoms with E-state index in [4.69, 9.17) is 11.6 Å².